The van der Waals surface area contributed by atoms with Gasteiger partial charge in [-0.1, -0.05) is 0 Å². The lowest BCUT2D eigenvalue weighted by Crippen LogP contribution is -2.35. The van der Waals surface area contributed by atoms with Gasteiger partial charge in [-0.25, -0.2) is 8.78 Å². The molecule has 1 atom stereocenters. The van der Waals surface area contributed by atoms with Crippen LogP contribution in [0.1, 0.15) is 6.42 Å². The summed E-state index contributed by atoms with van der Waals surface area (Å²) in [6, 6.07) is 0. The summed E-state index contributed by atoms with van der Waals surface area (Å²) in [4.78, 5) is 9.78. The van der Waals surface area contributed by atoms with E-state index < -0.39 is 12.1 Å². The topological polar surface area (TPSA) is 41.1 Å². The quantitative estimate of drug-likeness (QED) is 0.530. The number of hydrogen-bond acceptors (Lipinski definition) is 2. The van der Waals surface area contributed by atoms with Gasteiger partial charge in [-0.2, -0.15) is 0 Å². The summed E-state index contributed by atoms with van der Waals surface area (Å²) in [6.45, 7) is -0.349. The monoisotopic (exact) mass is 150 g/mol. The first-order chi connectivity index (χ1) is 4.64. The van der Waals surface area contributed by atoms with Crippen molar-refractivity contribution in [2.75, 3.05) is 6.54 Å². The Morgan fingerprint density at radius 3 is 2.80 bits per heavy atom. The van der Waals surface area contributed by atoms with Crippen molar-refractivity contribution < 1.29 is 13.6 Å². The molecule has 0 aliphatic carbocycles. The molecule has 0 spiro atoms. The molecule has 0 aromatic heterocycles. The molecule has 0 radical (unpaired) electrons. The summed E-state index contributed by atoms with van der Waals surface area (Å²) in [6.07, 6.45) is -0.461. The molecule has 1 saturated heterocycles. The zero-order valence-electron chi connectivity index (χ0n) is 5.23. The highest BCUT2D eigenvalue weighted by Gasteiger charge is 2.38. The van der Waals surface area contributed by atoms with Gasteiger partial charge in [0, 0.05) is 6.42 Å². The van der Waals surface area contributed by atoms with Crippen LogP contribution in [0.3, 0.4) is 0 Å². The molecule has 0 aromatic rings. The minimum atomic E-state index is -2.67. The Bertz CT molecular complexity index is 140. The van der Waals surface area contributed by atoms with E-state index in [2.05, 4.69) is 10.6 Å². The van der Waals surface area contributed by atoms with E-state index >= 15 is 0 Å². The number of halogens is 2. The van der Waals surface area contributed by atoms with Crippen molar-refractivity contribution in [1.29, 1.82) is 0 Å². The highest BCUT2D eigenvalue weighted by Crippen LogP contribution is 2.23. The fraction of sp³-hybridized carbons (Fsp3) is 0.800. The van der Waals surface area contributed by atoms with Gasteiger partial charge in [0.25, 0.3) is 5.92 Å². The van der Waals surface area contributed by atoms with Crippen molar-refractivity contribution >= 4 is 6.41 Å². The van der Waals surface area contributed by atoms with Gasteiger partial charge in [0.15, 0.2) is 0 Å². The van der Waals surface area contributed by atoms with Crippen LogP contribution in [-0.4, -0.2) is 25.0 Å². The van der Waals surface area contributed by atoms with Crippen LogP contribution in [0, 0.1) is 0 Å². The van der Waals surface area contributed by atoms with E-state index in [0.29, 0.717) is 6.41 Å². The average Bonchev–Trinajstić information content (AvgIpc) is 2.12. The lowest BCUT2D eigenvalue weighted by molar-refractivity contribution is -0.110. The fourth-order valence-electron chi connectivity index (χ4n) is 0.915. The maximum Gasteiger partial charge on any atom is 0.263 e. The first-order valence-corrected chi connectivity index (χ1v) is 2.95. The van der Waals surface area contributed by atoms with Gasteiger partial charge in [0.2, 0.25) is 6.41 Å². The number of amides is 1. The first kappa shape index (κ1) is 7.40. The molecule has 0 bridgehead atoms. The summed E-state index contributed by atoms with van der Waals surface area (Å²) in [5, 5.41) is 4.68. The molecule has 0 saturated carbocycles. The van der Waals surface area contributed by atoms with Crippen LogP contribution in [0.5, 0.6) is 0 Å². The highest BCUT2D eigenvalue weighted by atomic mass is 19.3. The molecule has 5 heteroatoms. The Morgan fingerprint density at radius 2 is 2.40 bits per heavy atom. The predicted octanol–water partition coefficient (Wildman–Crippen LogP) is -0.313. The van der Waals surface area contributed by atoms with E-state index in [1.165, 1.54) is 0 Å². The molecule has 1 fully saturated rings. The van der Waals surface area contributed by atoms with Crippen molar-refractivity contribution in [3.05, 3.63) is 0 Å². The molecular formula is C5H8F2N2O. The number of alkyl halides is 2. The summed E-state index contributed by atoms with van der Waals surface area (Å²) < 4.78 is 24.6. The van der Waals surface area contributed by atoms with Crippen LogP contribution in [-0.2, 0) is 4.79 Å². The van der Waals surface area contributed by atoms with Crippen LogP contribution < -0.4 is 10.6 Å². The third-order valence-corrected chi connectivity index (χ3v) is 1.38. The van der Waals surface area contributed by atoms with Gasteiger partial charge in [0.1, 0.15) is 0 Å². The van der Waals surface area contributed by atoms with Crippen molar-refractivity contribution in [3.8, 4) is 0 Å². The van der Waals surface area contributed by atoms with E-state index in [0.717, 1.165) is 0 Å². The highest BCUT2D eigenvalue weighted by molar-refractivity contribution is 5.46. The largest absolute Gasteiger partial charge is 0.343 e. The number of rotatable bonds is 2. The van der Waals surface area contributed by atoms with E-state index in [1.54, 1.807) is 0 Å². The lowest BCUT2D eigenvalue weighted by atomic mass is 10.3. The van der Waals surface area contributed by atoms with Crippen LogP contribution >= 0.6 is 0 Å². The summed E-state index contributed by atoms with van der Waals surface area (Å²) in [5.74, 6) is -2.67. The van der Waals surface area contributed by atoms with E-state index in [9.17, 15) is 13.6 Å². The first-order valence-electron chi connectivity index (χ1n) is 2.95. The maximum atomic E-state index is 12.3. The van der Waals surface area contributed by atoms with E-state index in [4.69, 9.17) is 0 Å². The SMILES string of the molecule is O=CNC1CC(F)(F)CN1. The van der Waals surface area contributed by atoms with Crippen molar-refractivity contribution in [2.45, 2.75) is 18.5 Å². The molecule has 1 rings (SSSR count). The van der Waals surface area contributed by atoms with Crippen molar-refractivity contribution in [2.24, 2.45) is 0 Å². The molecule has 1 heterocycles. The van der Waals surface area contributed by atoms with Gasteiger partial charge in [0.05, 0.1) is 12.7 Å². The zero-order valence-corrected chi connectivity index (χ0v) is 5.23. The summed E-state index contributed by atoms with van der Waals surface area (Å²) in [5.41, 5.74) is 0. The fourth-order valence-corrected chi connectivity index (χ4v) is 0.915. The van der Waals surface area contributed by atoms with Gasteiger partial charge in [-0.3, -0.25) is 10.1 Å². The minimum Gasteiger partial charge on any atom is -0.343 e. The molecular weight excluding hydrogens is 142 g/mol. The van der Waals surface area contributed by atoms with Gasteiger partial charge in [-0.15, -0.1) is 0 Å². The van der Waals surface area contributed by atoms with Gasteiger partial charge < -0.3 is 5.32 Å². The maximum absolute atomic E-state index is 12.3. The van der Waals surface area contributed by atoms with Crippen LogP contribution in [0.4, 0.5) is 8.78 Å². The Morgan fingerprint density at radius 1 is 1.70 bits per heavy atom. The Labute approximate surface area is 56.8 Å². The molecule has 1 amide bonds. The second-order valence-electron chi connectivity index (χ2n) is 2.28. The molecule has 1 aliphatic rings. The molecule has 3 nitrogen and oxygen atoms in total. The van der Waals surface area contributed by atoms with Crippen LogP contribution in [0.2, 0.25) is 0 Å². The second kappa shape index (κ2) is 2.49. The number of nitrogens with one attached hydrogen (secondary N) is 2. The number of hydrogen-bond donors (Lipinski definition) is 2. The summed E-state index contributed by atoms with van der Waals surface area (Å²) >= 11 is 0. The number of carbonyl (C=O) groups excluding carboxylic acids is 1. The molecule has 1 unspecified atom stereocenters. The molecule has 1 aliphatic heterocycles. The zero-order chi connectivity index (χ0) is 7.61. The van der Waals surface area contributed by atoms with Crippen LogP contribution in [0.15, 0.2) is 0 Å². The smallest absolute Gasteiger partial charge is 0.263 e. The minimum absolute atomic E-state index is 0.314. The third kappa shape index (κ3) is 1.63. The van der Waals surface area contributed by atoms with Gasteiger partial charge in [-0.05, 0) is 0 Å². The van der Waals surface area contributed by atoms with Gasteiger partial charge >= 0.3 is 0 Å². The Hall–Kier alpha value is -0.710. The second-order valence-corrected chi connectivity index (χ2v) is 2.28. The lowest BCUT2D eigenvalue weighted by Gasteiger charge is -2.06. The average molecular weight is 150 g/mol. The third-order valence-electron chi connectivity index (χ3n) is 1.38. The standard InChI is InChI=1S/C5H8F2N2O/c6-5(7)1-4(8-2-5)9-3-10/h3-4,8H,1-2H2,(H,9,10). The van der Waals surface area contributed by atoms with E-state index in [-0.39, 0.29) is 13.0 Å². The molecule has 0 aromatic carbocycles. The predicted molar refractivity (Wildman–Crippen MR) is 30.6 cm³/mol. The van der Waals surface area contributed by atoms with Crippen molar-refractivity contribution in [3.63, 3.8) is 0 Å². The summed E-state index contributed by atoms with van der Waals surface area (Å²) in [7, 11) is 0. The number of carbonyl (C=O) groups is 1. The molecule has 10 heavy (non-hydrogen) atoms. The molecule has 2 N–H and O–H groups in total. The Kier molecular flexibility index (Phi) is 1.85. The Balaban J connectivity index is 2.35. The van der Waals surface area contributed by atoms with E-state index in [1.807, 2.05) is 0 Å². The normalized spacial score (nSPS) is 30.0. The van der Waals surface area contributed by atoms with Crippen LogP contribution in [0.25, 0.3) is 0 Å². The molecule has 58 valence electrons. The van der Waals surface area contributed by atoms with Crippen molar-refractivity contribution in [1.82, 2.24) is 10.6 Å².